The Balaban J connectivity index is 1.67. The van der Waals surface area contributed by atoms with Crippen LogP contribution in [-0.4, -0.2) is 38.6 Å². The summed E-state index contributed by atoms with van der Waals surface area (Å²) < 4.78 is 5.16. The highest BCUT2D eigenvalue weighted by Gasteiger charge is 2.22. The van der Waals surface area contributed by atoms with Gasteiger partial charge in [-0.3, -0.25) is 10.2 Å². The number of hydrogen-bond donors (Lipinski definition) is 3. The van der Waals surface area contributed by atoms with Gasteiger partial charge >= 0.3 is 5.97 Å². The zero-order valence-electron chi connectivity index (χ0n) is 19.6. The fraction of sp³-hybridized carbons (Fsp3) is 0.231. The van der Waals surface area contributed by atoms with Gasteiger partial charge in [0.05, 0.1) is 17.7 Å². The van der Waals surface area contributed by atoms with E-state index in [1.165, 1.54) is 16.9 Å². The largest absolute Gasteiger partial charge is 0.506 e. The number of aromatic nitrogens is 3. The predicted octanol–water partition coefficient (Wildman–Crippen LogP) is 3.69. The van der Waals surface area contributed by atoms with Crippen LogP contribution >= 0.6 is 0 Å². The maximum absolute atomic E-state index is 13.0. The van der Waals surface area contributed by atoms with Crippen molar-refractivity contribution in [2.45, 2.75) is 33.2 Å². The van der Waals surface area contributed by atoms with E-state index in [-0.39, 0.29) is 23.5 Å². The van der Waals surface area contributed by atoms with Crippen molar-refractivity contribution in [2.75, 3.05) is 6.61 Å². The minimum atomic E-state index is -0.634. The summed E-state index contributed by atoms with van der Waals surface area (Å²) in [5, 5.41) is 19.3. The standard InChI is InChI=1S/C26H27N5O4/c1-3-8-17-11-12-24(32)23(13-17)31-29-21-14-19(20(15-22(21)30-31)26(34)35-4-2)25(33)28-27-16-18-9-6-5-7-10-18/h5-7,9-15,27,32H,3-4,8,16H2,1-2H3,(H,28,33). The quantitative estimate of drug-likeness (QED) is 0.251. The average Bonchev–Trinajstić information content (AvgIpc) is 3.28. The molecule has 4 rings (SSSR count). The van der Waals surface area contributed by atoms with Gasteiger partial charge in [0.1, 0.15) is 22.5 Å². The highest BCUT2D eigenvalue weighted by Crippen LogP contribution is 2.25. The van der Waals surface area contributed by atoms with E-state index in [9.17, 15) is 14.7 Å². The van der Waals surface area contributed by atoms with E-state index in [2.05, 4.69) is 28.0 Å². The second-order valence-electron chi connectivity index (χ2n) is 7.96. The van der Waals surface area contributed by atoms with Crippen molar-refractivity contribution in [3.05, 3.63) is 82.9 Å². The van der Waals surface area contributed by atoms with Gasteiger partial charge in [-0.05, 0) is 48.7 Å². The van der Waals surface area contributed by atoms with Crippen molar-refractivity contribution in [3.8, 4) is 11.4 Å². The van der Waals surface area contributed by atoms with Crippen molar-refractivity contribution in [1.82, 2.24) is 25.8 Å². The van der Waals surface area contributed by atoms with E-state index in [4.69, 9.17) is 4.74 Å². The second kappa shape index (κ2) is 10.8. The Bertz CT molecular complexity index is 1350. The van der Waals surface area contributed by atoms with Crippen LogP contribution < -0.4 is 10.9 Å². The molecule has 1 aromatic heterocycles. The number of aryl methyl sites for hydroxylation is 1. The summed E-state index contributed by atoms with van der Waals surface area (Å²) in [5.41, 5.74) is 8.92. The van der Waals surface area contributed by atoms with Crippen LogP contribution in [0.25, 0.3) is 16.7 Å². The van der Waals surface area contributed by atoms with Crippen LogP contribution in [-0.2, 0) is 17.7 Å². The van der Waals surface area contributed by atoms with E-state index in [0.29, 0.717) is 23.3 Å². The minimum Gasteiger partial charge on any atom is -0.506 e. The molecule has 0 aliphatic rings. The van der Waals surface area contributed by atoms with Gasteiger partial charge in [-0.1, -0.05) is 49.7 Å². The van der Waals surface area contributed by atoms with Gasteiger partial charge in [-0.2, -0.15) is 0 Å². The van der Waals surface area contributed by atoms with Crippen molar-refractivity contribution in [1.29, 1.82) is 0 Å². The Labute approximate surface area is 202 Å². The molecule has 3 N–H and O–H groups in total. The molecule has 1 heterocycles. The van der Waals surface area contributed by atoms with E-state index < -0.39 is 11.9 Å². The SMILES string of the molecule is CCCc1ccc(O)c(-n2nc3cc(C(=O)NNCc4ccccc4)c(C(=O)OCC)cc3n2)c1. The van der Waals surface area contributed by atoms with Crippen LogP contribution in [0.2, 0.25) is 0 Å². The van der Waals surface area contributed by atoms with Gasteiger partial charge in [-0.25, -0.2) is 10.2 Å². The molecule has 9 nitrogen and oxygen atoms in total. The number of nitrogens with one attached hydrogen (secondary N) is 2. The Morgan fingerprint density at radius 2 is 1.66 bits per heavy atom. The molecule has 3 aromatic carbocycles. The first-order valence-corrected chi connectivity index (χ1v) is 11.5. The number of nitrogens with zero attached hydrogens (tertiary/aromatic N) is 3. The molecular formula is C26H27N5O4. The summed E-state index contributed by atoms with van der Waals surface area (Å²) in [5.74, 6) is -1.11. The number of phenols is 1. The number of hydrazine groups is 1. The summed E-state index contributed by atoms with van der Waals surface area (Å²) in [6, 6.07) is 17.9. The van der Waals surface area contributed by atoms with Crippen molar-refractivity contribution in [2.24, 2.45) is 0 Å². The number of esters is 1. The van der Waals surface area contributed by atoms with Crippen LogP contribution in [0.15, 0.2) is 60.7 Å². The third kappa shape index (κ3) is 5.47. The normalized spacial score (nSPS) is 10.9. The fourth-order valence-corrected chi connectivity index (χ4v) is 3.70. The third-order valence-electron chi connectivity index (χ3n) is 5.39. The molecular weight excluding hydrogens is 446 g/mol. The summed E-state index contributed by atoms with van der Waals surface area (Å²) >= 11 is 0. The lowest BCUT2D eigenvalue weighted by Crippen LogP contribution is -2.37. The number of phenolic OH excluding ortho intramolecular Hbond substituents is 1. The van der Waals surface area contributed by atoms with Gasteiger partial charge < -0.3 is 9.84 Å². The summed E-state index contributed by atoms with van der Waals surface area (Å²) in [7, 11) is 0. The van der Waals surface area contributed by atoms with Gasteiger partial charge in [0.25, 0.3) is 5.91 Å². The molecule has 180 valence electrons. The van der Waals surface area contributed by atoms with Crippen molar-refractivity contribution < 1.29 is 19.4 Å². The highest BCUT2D eigenvalue weighted by molar-refractivity contribution is 6.08. The van der Waals surface area contributed by atoms with Crippen LogP contribution in [0.4, 0.5) is 0 Å². The maximum Gasteiger partial charge on any atom is 0.339 e. The monoisotopic (exact) mass is 473 g/mol. The first-order chi connectivity index (χ1) is 17.0. The van der Waals surface area contributed by atoms with E-state index >= 15 is 0 Å². The Hall–Kier alpha value is -4.24. The first-order valence-electron chi connectivity index (χ1n) is 11.5. The van der Waals surface area contributed by atoms with E-state index in [1.54, 1.807) is 13.0 Å². The number of rotatable bonds is 9. The van der Waals surface area contributed by atoms with Crippen LogP contribution in [0, 0.1) is 0 Å². The molecule has 0 aliphatic heterocycles. The Morgan fingerprint density at radius 1 is 0.943 bits per heavy atom. The minimum absolute atomic E-state index is 0.0267. The summed E-state index contributed by atoms with van der Waals surface area (Å²) in [4.78, 5) is 26.9. The van der Waals surface area contributed by atoms with E-state index in [0.717, 1.165) is 24.0 Å². The molecule has 0 bridgehead atoms. The lowest BCUT2D eigenvalue weighted by molar-refractivity contribution is 0.0522. The number of carbonyl (C=O) groups is 2. The number of fused-ring (bicyclic) bond motifs is 1. The first kappa shape index (κ1) is 23.9. The molecule has 0 atom stereocenters. The Morgan fingerprint density at radius 3 is 2.34 bits per heavy atom. The molecule has 35 heavy (non-hydrogen) atoms. The van der Waals surface area contributed by atoms with E-state index in [1.807, 2.05) is 42.5 Å². The van der Waals surface area contributed by atoms with Crippen molar-refractivity contribution in [3.63, 3.8) is 0 Å². The smallest absolute Gasteiger partial charge is 0.339 e. The van der Waals surface area contributed by atoms with Crippen molar-refractivity contribution >= 4 is 22.9 Å². The fourth-order valence-electron chi connectivity index (χ4n) is 3.70. The molecule has 1 amide bonds. The molecule has 0 aliphatic carbocycles. The lowest BCUT2D eigenvalue weighted by atomic mass is 10.1. The third-order valence-corrected chi connectivity index (χ3v) is 5.39. The number of amides is 1. The molecule has 0 saturated carbocycles. The average molecular weight is 474 g/mol. The number of hydrogen-bond acceptors (Lipinski definition) is 7. The highest BCUT2D eigenvalue weighted by atomic mass is 16.5. The molecule has 0 radical (unpaired) electrons. The molecule has 0 unspecified atom stereocenters. The molecule has 9 heteroatoms. The molecule has 4 aromatic rings. The number of benzene rings is 3. The number of aromatic hydroxyl groups is 1. The number of ether oxygens (including phenoxy) is 1. The topological polar surface area (TPSA) is 118 Å². The maximum atomic E-state index is 13.0. The lowest BCUT2D eigenvalue weighted by Gasteiger charge is -2.10. The summed E-state index contributed by atoms with van der Waals surface area (Å²) in [6.45, 7) is 4.34. The van der Waals surface area contributed by atoms with Crippen LogP contribution in [0.5, 0.6) is 5.75 Å². The zero-order chi connectivity index (χ0) is 24.8. The zero-order valence-corrected chi connectivity index (χ0v) is 19.6. The van der Waals surface area contributed by atoms with Gasteiger partial charge in [0, 0.05) is 6.54 Å². The Kier molecular flexibility index (Phi) is 7.37. The second-order valence-corrected chi connectivity index (χ2v) is 7.96. The van der Waals surface area contributed by atoms with Gasteiger partial charge in [-0.15, -0.1) is 15.0 Å². The molecule has 0 saturated heterocycles. The van der Waals surface area contributed by atoms with Gasteiger partial charge in [0.15, 0.2) is 0 Å². The van der Waals surface area contributed by atoms with Crippen LogP contribution in [0.1, 0.15) is 52.1 Å². The predicted molar refractivity (Wildman–Crippen MR) is 131 cm³/mol. The molecule has 0 spiro atoms. The van der Waals surface area contributed by atoms with Gasteiger partial charge in [0.2, 0.25) is 0 Å². The summed E-state index contributed by atoms with van der Waals surface area (Å²) in [6.07, 6.45) is 1.81. The number of carbonyl (C=O) groups excluding carboxylic acids is 2. The van der Waals surface area contributed by atoms with Crippen LogP contribution in [0.3, 0.4) is 0 Å². The molecule has 0 fully saturated rings.